The molecule has 1 aromatic heterocycles. The second kappa shape index (κ2) is 5.34. The molecule has 0 saturated heterocycles. The largest absolute Gasteiger partial charge is 0.464 e. The van der Waals surface area contributed by atoms with Crippen molar-refractivity contribution in [1.82, 2.24) is 0 Å². The number of nitro groups is 1. The van der Waals surface area contributed by atoms with Gasteiger partial charge in [-0.1, -0.05) is 0 Å². The molecule has 0 amide bonds. The van der Waals surface area contributed by atoms with Crippen LogP contribution < -0.4 is 0 Å². The average molecular weight is 261 g/mol. The predicted octanol–water partition coefficient (Wildman–Crippen LogP) is 3.03. The molecule has 1 aromatic carbocycles. The summed E-state index contributed by atoms with van der Waals surface area (Å²) in [5, 5.41) is 11.1. The number of ether oxygens (including phenoxy) is 1. The van der Waals surface area contributed by atoms with E-state index < -0.39 is 10.9 Å². The number of nitro benzene ring substituents is 1. The Morgan fingerprint density at radius 2 is 2.21 bits per heavy atom. The van der Waals surface area contributed by atoms with Gasteiger partial charge in [-0.3, -0.25) is 10.1 Å². The maximum Gasteiger partial charge on any atom is 0.338 e. The normalized spacial score (nSPS) is 10.2. The lowest BCUT2D eigenvalue weighted by Crippen LogP contribution is -2.05. The van der Waals surface area contributed by atoms with E-state index >= 15 is 0 Å². The molecular weight excluding hydrogens is 250 g/mol. The van der Waals surface area contributed by atoms with E-state index in [-0.39, 0.29) is 17.9 Å². The molecule has 0 radical (unpaired) electrons. The van der Waals surface area contributed by atoms with Crippen LogP contribution in [-0.4, -0.2) is 17.5 Å². The second-order valence-electron chi connectivity index (χ2n) is 3.69. The monoisotopic (exact) mass is 261 g/mol. The van der Waals surface area contributed by atoms with Crippen LogP contribution in [-0.2, 0) is 4.74 Å². The zero-order valence-electron chi connectivity index (χ0n) is 10.2. The van der Waals surface area contributed by atoms with Crippen LogP contribution in [0.3, 0.4) is 0 Å². The molecule has 0 aliphatic carbocycles. The summed E-state index contributed by atoms with van der Waals surface area (Å²) in [4.78, 5) is 22.1. The van der Waals surface area contributed by atoms with Gasteiger partial charge in [0.2, 0.25) is 0 Å². The van der Waals surface area contributed by atoms with E-state index in [2.05, 4.69) is 0 Å². The van der Waals surface area contributed by atoms with Gasteiger partial charge >= 0.3 is 5.97 Å². The van der Waals surface area contributed by atoms with E-state index in [0.29, 0.717) is 11.3 Å². The Kier molecular flexibility index (Phi) is 3.61. The topological polar surface area (TPSA) is 82.6 Å². The van der Waals surface area contributed by atoms with Crippen LogP contribution in [0.4, 0.5) is 5.69 Å². The molecule has 0 aliphatic heterocycles. The first-order valence-corrected chi connectivity index (χ1v) is 5.63. The predicted molar refractivity (Wildman–Crippen MR) is 66.8 cm³/mol. The summed E-state index contributed by atoms with van der Waals surface area (Å²) < 4.78 is 9.95. The van der Waals surface area contributed by atoms with Gasteiger partial charge in [0.05, 0.1) is 28.9 Å². The number of esters is 1. The minimum absolute atomic E-state index is 0.142. The summed E-state index contributed by atoms with van der Waals surface area (Å²) in [6, 6.07) is 7.40. The molecular formula is C13H11NO5. The Bertz CT molecular complexity index is 604. The van der Waals surface area contributed by atoms with Crippen LogP contribution in [0, 0.1) is 10.1 Å². The fourth-order valence-corrected chi connectivity index (χ4v) is 1.66. The van der Waals surface area contributed by atoms with Crippen molar-refractivity contribution in [3.8, 4) is 11.3 Å². The molecule has 0 unspecified atom stereocenters. The molecule has 0 fully saturated rings. The number of carbonyl (C=O) groups excluding carboxylic acids is 1. The molecule has 0 saturated carbocycles. The van der Waals surface area contributed by atoms with Crippen molar-refractivity contribution in [3.05, 3.63) is 52.3 Å². The van der Waals surface area contributed by atoms with Crippen molar-refractivity contribution >= 4 is 11.7 Å². The first kappa shape index (κ1) is 12.8. The van der Waals surface area contributed by atoms with Crippen molar-refractivity contribution in [2.45, 2.75) is 6.92 Å². The van der Waals surface area contributed by atoms with Gasteiger partial charge in [0.25, 0.3) is 5.69 Å². The van der Waals surface area contributed by atoms with Crippen molar-refractivity contribution in [2.75, 3.05) is 6.61 Å². The lowest BCUT2D eigenvalue weighted by Gasteiger charge is -2.04. The summed E-state index contributed by atoms with van der Waals surface area (Å²) in [7, 11) is 0. The number of nitrogens with zero attached hydrogens (tertiary/aromatic N) is 1. The molecule has 0 aliphatic rings. The number of carbonyl (C=O) groups is 1. The molecule has 0 atom stereocenters. The molecule has 1 heterocycles. The summed E-state index contributed by atoms with van der Waals surface area (Å²) in [5.41, 5.74) is 0.271. The maximum absolute atomic E-state index is 11.5. The van der Waals surface area contributed by atoms with E-state index in [4.69, 9.17) is 9.15 Å². The molecule has 98 valence electrons. The Hall–Kier alpha value is -2.63. The van der Waals surface area contributed by atoms with E-state index in [1.165, 1.54) is 24.5 Å². The number of benzene rings is 1. The molecule has 2 aromatic rings. The fourth-order valence-electron chi connectivity index (χ4n) is 1.66. The summed E-state index contributed by atoms with van der Waals surface area (Å²) in [6.45, 7) is 1.89. The van der Waals surface area contributed by atoms with Crippen LogP contribution in [0.2, 0.25) is 0 Å². The van der Waals surface area contributed by atoms with Gasteiger partial charge in [0.15, 0.2) is 0 Å². The third-order valence-corrected chi connectivity index (χ3v) is 2.49. The van der Waals surface area contributed by atoms with Gasteiger partial charge in [-0.2, -0.15) is 0 Å². The van der Waals surface area contributed by atoms with Crippen molar-refractivity contribution in [3.63, 3.8) is 0 Å². The van der Waals surface area contributed by atoms with Crippen molar-refractivity contribution < 1.29 is 18.9 Å². The number of hydrogen-bond donors (Lipinski definition) is 0. The zero-order valence-corrected chi connectivity index (χ0v) is 10.2. The Morgan fingerprint density at radius 1 is 1.42 bits per heavy atom. The fraction of sp³-hybridized carbons (Fsp3) is 0.154. The quantitative estimate of drug-likeness (QED) is 0.480. The summed E-state index contributed by atoms with van der Waals surface area (Å²) in [5.74, 6) is -0.210. The maximum atomic E-state index is 11.5. The van der Waals surface area contributed by atoms with Gasteiger partial charge < -0.3 is 9.15 Å². The SMILES string of the molecule is CCOC(=O)c1ccc(-c2ccco2)c([N+](=O)[O-])c1. The van der Waals surface area contributed by atoms with Gasteiger partial charge in [-0.25, -0.2) is 4.79 Å². The van der Waals surface area contributed by atoms with Crippen LogP contribution in [0.15, 0.2) is 41.0 Å². The minimum Gasteiger partial charge on any atom is -0.464 e. The molecule has 2 rings (SSSR count). The highest BCUT2D eigenvalue weighted by atomic mass is 16.6. The Balaban J connectivity index is 2.47. The van der Waals surface area contributed by atoms with E-state index in [1.54, 1.807) is 19.1 Å². The first-order valence-electron chi connectivity index (χ1n) is 5.63. The van der Waals surface area contributed by atoms with Crippen LogP contribution in [0.25, 0.3) is 11.3 Å². The highest BCUT2D eigenvalue weighted by molar-refractivity contribution is 5.91. The summed E-state index contributed by atoms with van der Waals surface area (Å²) >= 11 is 0. The Labute approximate surface area is 108 Å². The minimum atomic E-state index is -0.586. The van der Waals surface area contributed by atoms with E-state index in [1.807, 2.05) is 0 Å². The molecule has 0 N–H and O–H groups in total. The third kappa shape index (κ3) is 2.62. The zero-order chi connectivity index (χ0) is 13.8. The van der Waals surface area contributed by atoms with Gasteiger partial charge in [0, 0.05) is 6.07 Å². The standard InChI is InChI=1S/C13H11NO5/c1-2-18-13(15)9-5-6-10(11(8-9)14(16)17)12-4-3-7-19-12/h3-8H,2H2,1H3. The lowest BCUT2D eigenvalue weighted by atomic mass is 10.1. The molecule has 6 nitrogen and oxygen atoms in total. The van der Waals surface area contributed by atoms with Crippen molar-refractivity contribution in [1.29, 1.82) is 0 Å². The molecule has 6 heteroatoms. The third-order valence-electron chi connectivity index (χ3n) is 2.49. The van der Waals surface area contributed by atoms with Crippen LogP contribution in [0.5, 0.6) is 0 Å². The number of furan rings is 1. The van der Waals surface area contributed by atoms with Gasteiger partial charge in [-0.05, 0) is 31.2 Å². The Morgan fingerprint density at radius 3 is 2.79 bits per heavy atom. The number of hydrogen-bond acceptors (Lipinski definition) is 5. The average Bonchev–Trinajstić information content (AvgIpc) is 2.92. The van der Waals surface area contributed by atoms with Gasteiger partial charge in [-0.15, -0.1) is 0 Å². The van der Waals surface area contributed by atoms with E-state index in [9.17, 15) is 14.9 Å². The van der Waals surface area contributed by atoms with Crippen molar-refractivity contribution in [2.24, 2.45) is 0 Å². The molecule has 19 heavy (non-hydrogen) atoms. The smallest absolute Gasteiger partial charge is 0.338 e. The highest BCUT2D eigenvalue weighted by Crippen LogP contribution is 2.31. The number of rotatable bonds is 4. The van der Waals surface area contributed by atoms with E-state index in [0.717, 1.165) is 0 Å². The van der Waals surface area contributed by atoms with Crippen LogP contribution in [0.1, 0.15) is 17.3 Å². The lowest BCUT2D eigenvalue weighted by molar-refractivity contribution is -0.384. The highest BCUT2D eigenvalue weighted by Gasteiger charge is 2.20. The molecule has 0 spiro atoms. The first-order chi connectivity index (χ1) is 9.13. The second-order valence-corrected chi connectivity index (χ2v) is 3.69. The van der Waals surface area contributed by atoms with Gasteiger partial charge in [0.1, 0.15) is 5.76 Å². The molecule has 0 bridgehead atoms. The summed E-state index contributed by atoms with van der Waals surface area (Å²) in [6.07, 6.45) is 1.43. The van der Waals surface area contributed by atoms with Crippen LogP contribution >= 0.6 is 0 Å².